The zero-order chi connectivity index (χ0) is 13.9. The van der Waals surface area contributed by atoms with Crippen LogP contribution >= 0.6 is 11.8 Å². The van der Waals surface area contributed by atoms with Crippen molar-refractivity contribution in [2.75, 3.05) is 5.75 Å². The van der Waals surface area contributed by atoms with E-state index in [2.05, 4.69) is 27.3 Å². The van der Waals surface area contributed by atoms with E-state index in [1.54, 1.807) is 0 Å². The van der Waals surface area contributed by atoms with Crippen molar-refractivity contribution in [2.45, 2.75) is 37.8 Å². The van der Waals surface area contributed by atoms with Crippen LogP contribution in [0.1, 0.15) is 40.7 Å². The Morgan fingerprint density at radius 2 is 2.20 bits per heavy atom. The Kier molecular flexibility index (Phi) is 3.87. The van der Waals surface area contributed by atoms with Gasteiger partial charge in [0.1, 0.15) is 5.82 Å². The Labute approximate surface area is 122 Å². The van der Waals surface area contributed by atoms with Crippen molar-refractivity contribution in [1.82, 2.24) is 15.2 Å². The standard InChI is InChI=1S/C15H17N3OS/c1-2-14-16-15(18-17-14)20-9-13(19)12-7-6-10-4-3-5-11(10)8-12/h6-8H,2-5,9H2,1H3,(H,16,17,18). The van der Waals surface area contributed by atoms with Crippen LogP contribution in [0.3, 0.4) is 0 Å². The molecular formula is C15H17N3OS. The largest absolute Gasteiger partial charge is 0.293 e. The van der Waals surface area contributed by atoms with Gasteiger partial charge in [0.05, 0.1) is 5.75 Å². The summed E-state index contributed by atoms with van der Waals surface area (Å²) in [5, 5.41) is 7.59. The summed E-state index contributed by atoms with van der Waals surface area (Å²) in [6.07, 6.45) is 4.28. The zero-order valence-corrected chi connectivity index (χ0v) is 12.3. The number of aromatic nitrogens is 3. The Morgan fingerprint density at radius 1 is 1.35 bits per heavy atom. The number of carbonyl (C=O) groups excluding carboxylic acids is 1. The first-order valence-corrected chi connectivity index (χ1v) is 7.94. The summed E-state index contributed by atoms with van der Waals surface area (Å²) in [4.78, 5) is 16.5. The van der Waals surface area contributed by atoms with E-state index < -0.39 is 0 Å². The molecule has 2 aromatic rings. The molecule has 0 saturated heterocycles. The Balaban J connectivity index is 1.64. The first kappa shape index (κ1) is 13.4. The van der Waals surface area contributed by atoms with E-state index in [9.17, 15) is 4.79 Å². The van der Waals surface area contributed by atoms with Crippen molar-refractivity contribution in [1.29, 1.82) is 0 Å². The Bertz CT molecular complexity index is 636. The van der Waals surface area contributed by atoms with Gasteiger partial charge in [-0.05, 0) is 36.5 Å². The van der Waals surface area contributed by atoms with E-state index in [-0.39, 0.29) is 5.78 Å². The van der Waals surface area contributed by atoms with E-state index in [1.807, 2.05) is 13.0 Å². The van der Waals surface area contributed by atoms with Crippen molar-refractivity contribution in [3.63, 3.8) is 0 Å². The van der Waals surface area contributed by atoms with Crippen LogP contribution in [0.5, 0.6) is 0 Å². The Morgan fingerprint density at radius 3 is 3.00 bits per heavy atom. The zero-order valence-electron chi connectivity index (χ0n) is 11.5. The van der Waals surface area contributed by atoms with Gasteiger partial charge in [-0.3, -0.25) is 9.89 Å². The molecule has 0 aliphatic heterocycles. The minimum Gasteiger partial charge on any atom is -0.293 e. The van der Waals surface area contributed by atoms with Gasteiger partial charge in [-0.1, -0.05) is 30.8 Å². The molecule has 1 heterocycles. The van der Waals surface area contributed by atoms with Crippen LogP contribution in [0.15, 0.2) is 23.4 Å². The molecule has 4 nitrogen and oxygen atoms in total. The molecule has 20 heavy (non-hydrogen) atoms. The molecular weight excluding hydrogens is 270 g/mol. The van der Waals surface area contributed by atoms with Crippen molar-refractivity contribution in [3.05, 3.63) is 40.7 Å². The summed E-state index contributed by atoms with van der Waals surface area (Å²) in [6.45, 7) is 2.02. The van der Waals surface area contributed by atoms with Crippen molar-refractivity contribution < 1.29 is 4.79 Å². The maximum absolute atomic E-state index is 12.2. The van der Waals surface area contributed by atoms with Crippen LogP contribution in [-0.4, -0.2) is 26.7 Å². The van der Waals surface area contributed by atoms with Crippen LogP contribution < -0.4 is 0 Å². The highest BCUT2D eigenvalue weighted by Gasteiger charge is 2.14. The number of carbonyl (C=O) groups is 1. The number of ketones is 1. The smallest absolute Gasteiger partial charge is 0.208 e. The van der Waals surface area contributed by atoms with Gasteiger partial charge in [0.25, 0.3) is 0 Å². The number of aromatic amines is 1. The van der Waals surface area contributed by atoms with Crippen LogP contribution in [0, 0.1) is 0 Å². The fourth-order valence-corrected chi connectivity index (χ4v) is 3.17. The molecule has 0 fully saturated rings. The molecule has 1 N–H and O–H groups in total. The molecule has 1 aliphatic rings. The summed E-state index contributed by atoms with van der Waals surface area (Å²) < 4.78 is 0. The number of nitrogens with one attached hydrogen (secondary N) is 1. The SMILES string of the molecule is CCc1nc(SCC(=O)c2ccc3c(c2)CCC3)n[nH]1. The number of aryl methyl sites for hydroxylation is 3. The van der Waals surface area contributed by atoms with E-state index in [1.165, 1.54) is 29.3 Å². The lowest BCUT2D eigenvalue weighted by Gasteiger charge is -2.03. The highest BCUT2D eigenvalue weighted by molar-refractivity contribution is 7.99. The normalized spacial score (nSPS) is 13.4. The van der Waals surface area contributed by atoms with Gasteiger partial charge in [0.15, 0.2) is 5.78 Å². The van der Waals surface area contributed by atoms with Gasteiger partial charge in [0, 0.05) is 12.0 Å². The summed E-state index contributed by atoms with van der Waals surface area (Å²) in [5.74, 6) is 1.39. The molecule has 1 aromatic heterocycles. The number of Topliss-reactive ketones (excluding diaryl/α,β-unsaturated/α-hetero) is 1. The summed E-state index contributed by atoms with van der Waals surface area (Å²) in [6, 6.07) is 6.10. The number of hydrogen-bond donors (Lipinski definition) is 1. The maximum Gasteiger partial charge on any atom is 0.208 e. The number of benzene rings is 1. The first-order valence-electron chi connectivity index (χ1n) is 6.95. The minimum absolute atomic E-state index is 0.146. The van der Waals surface area contributed by atoms with Gasteiger partial charge in [-0.2, -0.15) is 0 Å². The lowest BCUT2D eigenvalue weighted by atomic mass is 10.0. The van der Waals surface area contributed by atoms with Crippen molar-refractivity contribution in [3.8, 4) is 0 Å². The lowest BCUT2D eigenvalue weighted by Crippen LogP contribution is -2.03. The predicted octanol–water partition coefficient (Wildman–Crippen LogP) is 2.83. The number of thioether (sulfide) groups is 1. The summed E-state index contributed by atoms with van der Waals surface area (Å²) >= 11 is 1.39. The number of fused-ring (bicyclic) bond motifs is 1. The van der Waals surface area contributed by atoms with Gasteiger partial charge in [0.2, 0.25) is 5.16 Å². The molecule has 0 atom stereocenters. The molecule has 0 radical (unpaired) electrons. The Hall–Kier alpha value is -1.62. The van der Waals surface area contributed by atoms with Crippen LogP contribution in [0.4, 0.5) is 0 Å². The highest BCUT2D eigenvalue weighted by atomic mass is 32.2. The second kappa shape index (κ2) is 5.79. The van der Waals surface area contributed by atoms with Crippen LogP contribution in [0.2, 0.25) is 0 Å². The summed E-state index contributed by atoms with van der Waals surface area (Å²) in [5.41, 5.74) is 3.55. The average Bonchev–Trinajstić information content (AvgIpc) is 3.12. The number of hydrogen-bond acceptors (Lipinski definition) is 4. The second-order valence-electron chi connectivity index (χ2n) is 4.97. The number of nitrogens with zero attached hydrogens (tertiary/aromatic N) is 2. The van der Waals surface area contributed by atoms with Gasteiger partial charge in [-0.15, -0.1) is 5.10 Å². The van der Waals surface area contributed by atoms with Crippen LogP contribution in [0.25, 0.3) is 0 Å². The molecule has 1 aromatic carbocycles. The number of rotatable bonds is 5. The average molecular weight is 287 g/mol. The molecule has 0 unspecified atom stereocenters. The third kappa shape index (κ3) is 2.77. The predicted molar refractivity (Wildman–Crippen MR) is 79.3 cm³/mol. The van der Waals surface area contributed by atoms with E-state index in [0.717, 1.165) is 30.7 Å². The second-order valence-corrected chi connectivity index (χ2v) is 5.91. The molecule has 0 spiro atoms. The van der Waals surface area contributed by atoms with Gasteiger partial charge in [-0.25, -0.2) is 4.98 Å². The van der Waals surface area contributed by atoms with E-state index in [4.69, 9.17) is 0 Å². The first-order chi connectivity index (χ1) is 9.76. The quantitative estimate of drug-likeness (QED) is 0.678. The number of H-pyrrole nitrogens is 1. The fraction of sp³-hybridized carbons (Fsp3) is 0.400. The molecule has 5 heteroatoms. The molecule has 0 saturated carbocycles. The molecule has 3 rings (SSSR count). The van der Waals surface area contributed by atoms with Gasteiger partial charge >= 0.3 is 0 Å². The van der Waals surface area contributed by atoms with Crippen molar-refractivity contribution >= 4 is 17.5 Å². The third-order valence-corrected chi connectivity index (χ3v) is 4.45. The highest BCUT2D eigenvalue weighted by Crippen LogP contribution is 2.24. The molecule has 0 amide bonds. The monoisotopic (exact) mass is 287 g/mol. The maximum atomic E-state index is 12.2. The molecule has 1 aliphatic carbocycles. The lowest BCUT2D eigenvalue weighted by molar-refractivity contribution is 0.102. The van der Waals surface area contributed by atoms with Crippen LogP contribution in [-0.2, 0) is 19.3 Å². The van der Waals surface area contributed by atoms with Crippen molar-refractivity contribution in [2.24, 2.45) is 0 Å². The topological polar surface area (TPSA) is 58.6 Å². The molecule has 0 bridgehead atoms. The minimum atomic E-state index is 0.146. The third-order valence-electron chi connectivity index (χ3n) is 3.60. The van der Waals surface area contributed by atoms with Gasteiger partial charge < -0.3 is 0 Å². The summed E-state index contributed by atoms with van der Waals surface area (Å²) in [7, 11) is 0. The van der Waals surface area contributed by atoms with E-state index in [0.29, 0.717) is 10.9 Å². The fourth-order valence-electron chi connectivity index (χ4n) is 2.46. The molecule has 104 valence electrons. The van der Waals surface area contributed by atoms with E-state index >= 15 is 0 Å².